The van der Waals surface area contributed by atoms with E-state index in [2.05, 4.69) is 22.5 Å². The van der Waals surface area contributed by atoms with Crippen molar-refractivity contribution in [1.29, 1.82) is 0 Å². The second-order valence-corrected chi connectivity index (χ2v) is 3.01. The average molecular weight is 212 g/mol. The molecule has 0 fully saturated rings. The fourth-order valence-electron chi connectivity index (χ4n) is 1.10. The first-order valence-electron chi connectivity index (χ1n) is 4.08. The maximum absolute atomic E-state index is 11.3. The molecule has 1 aromatic rings. The number of rotatable bonds is 3. The second kappa shape index (κ2) is 4.85. The number of ether oxygens (including phenoxy) is 1. The fourth-order valence-corrected chi connectivity index (χ4v) is 1.21. The Bertz CT molecular complexity index is 358. The first-order chi connectivity index (χ1) is 6.70. The lowest BCUT2D eigenvalue weighted by Gasteiger charge is -2.00. The molecule has 0 aromatic carbocycles. The van der Waals surface area contributed by atoms with E-state index in [-0.39, 0.29) is 5.97 Å². The number of nitrogens with zero attached hydrogens (tertiary/aromatic N) is 2. The average Bonchev–Trinajstić information content (AvgIpc) is 2.55. The quantitative estimate of drug-likeness (QED) is 0.604. The van der Waals surface area contributed by atoms with Crippen LogP contribution >= 0.6 is 12.6 Å². The molecule has 0 spiro atoms. The minimum absolute atomic E-state index is 0.385. The number of esters is 1. The molecular weight excluding hydrogens is 200 g/mol. The van der Waals surface area contributed by atoms with Gasteiger partial charge in [0, 0.05) is 18.4 Å². The molecule has 0 unspecified atom stereocenters. The van der Waals surface area contributed by atoms with Gasteiger partial charge in [-0.05, 0) is 0 Å². The third-order valence-electron chi connectivity index (χ3n) is 1.75. The smallest absolute Gasteiger partial charge is 0.356 e. The summed E-state index contributed by atoms with van der Waals surface area (Å²) in [7, 11) is 3.05. The zero-order valence-corrected chi connectivity index (χ0v) is 8.99. The minimum atomic E-state index is -0.385. The number of aromatic nitrogens is 2. The molecule has 0 aliphatic carbocycles. The molecule has 4 nitrogen and oxygen atoms in total. The van der Waals surface area contributed by atoms with Gasteiger partial charge in [0.25, 0.3) is 0 Å². The minimum Gasteiger partial charge on any atom is -0.464 e. The summed E-state index contributed by atoms with van der Waals surface area (Å²) in [6.07, 6.45) is 5.25. The van der Waals surface area contributed by atoms with Crippen molar-refractivity contribution in [2.75, 3.05) is 12.9 Å². The predicted octanol–water partition coefficient (Wildman–Crippen LogP) is 1.15. The topological polar surface area (TPSA) is 44.1 Å². The molecule has 0 atom stereocenters. The number of methoxy groups -OCH3 is 1. The van der Waals surface area contributed by atoms with E-state index in [1.165, 1.54) is 11.8 Å². The number of hydrogen-bond acceptors (Lipinski definition) is 4. The first-order valence-corrected chi connectivity index (χ1v) is 4.71. The van der Waals surface area contributed by atoms with Crippen molar-refractivity contribution in [2.24, 2.45) is 7.05 Å². The number of aryl methyl sites for hydroxylation is 1. The standard InChI is InChI=1S/C9H12N2O2S/c1-11-8(9(12)13-2)7(6-10-11)4-3-5-14/h3-4,6,14H,5H2,1-2H3. The van der Waals surface area contributed by atoms with E-state index in [1.807, 2.05) is 6.08 Å². The van der Waals surface area contributed by atoms with Crippen molar-refractivity contribution in [3.05, 3.63) is 23.5 Å². The summed E-state index contributed by atoms with van der Waals surface area (Å²) in [5.41, 5.74) is 1.19. The first kappa shape index (κ1) is 10.8. The Morgan fingerprint density at radius 3 is 3.07 bits per heavy atom. The Balaban J connectivity index is 3.06. The zero-order valence-electron chi connectivity index (χ0n) is 8.10. The SMILES string of the molecule is COC(=O)c1c(C=CCS)cnn1C. The highest BCUT2D eigenvalue weighted by molar-refractivity contribution is 7.80. The molecule has 0 amide bonds. The highest BCUT2D eigenvalue weighted by atomic mass is 32.1. The van der Waals surface area contributed by atoms with Crippen molar-refractivity contribution >= 4 is 24.7 Å². The maximum Gasteiger partial charge on any atom is 0.356 e. The number of hydrogen-bond donors (Lipinski definition) is 1. The van der Waals surface area contributed by atoms with Crippen LogP contribution in [0.15, 0.2) is 12.3 Å². The summed E-state index contributed by atoms with van der Waals surface area (Å²) in [5.74, 6) is 0.235. The third kappa shape index (κ3) is 2.17. The van der Waals surface area contributed by atoms with E-state index in [4.69, 9.17) is 0 Å². The van der Waals surface area contributed by atoms with Crippen LogP contribution in [0.4, 0.5) is 0 Å². The van der Waals surface area contributed by atoms with Crippen LogP contribution in [0.5, 0.6) is 0 Å². The van der Waals surface area contributed by atoms with Gasteiger partial charge in [0.2, 0.25) is 0 Å². The lowest BCUT2D eigenvalue weighted by molar-refractivity contribution is 0.0588. The van der Waals surface area contributed by atoms with Gasteiger partial charge in [-0.1, -0.05) is 12.2 Å². The second-order valence-electron chi connectivity index (χ2n) is 2.65. The molecule has 1 rings (SSSR count). The fraction of sp³-hybridized carbons (Fsp3) is 0.333. The highest BCUT2D eigenvalue weighted by Crippen LogP contribution is 2.10. The molecule has 0 saturated carbocycles. The van der Waals surface area contributed by atoms with Crippen LogP contribution in [0.3, 0.4) is 0 Å². The number of thiol groups is 1. The molecule has 0 bridgehead atoms. The Hall–Kier alpha value is -1.23. The summed E-state index contributed by atoms with van der Waals surface area (Å²) in [5, 5.41) is 3.98. The normalized spacial score (nSPS) is 10.8. The van der Waals surface area contributed by atoms with Gasteiger partial charge in [-0.25, -0.2) is 4.79 Å². The third-order valence-corrected chi connectivity index (χ3v) is 1.96. The Kier molecular flexibility index (Phi) is 3.76. The zero-order chi connectivity index (χ0) is 10.6. The van der Waals surface area contributed by atoms with E-state index in [1.54, 1.807) is 19.3 Å². The van der Waals surface area contributed by atoms with Gasteiger partial charge in [0.15, 0.2) is 5.69 Å². The lowest BCUT2D eigenvalue weighted by Crippen LogP contribution is -2.09. The van der Waals surface area contributed by atoms with Gasteiger partial charge in [0.1, 0.15) is 0 Å². The molecule has 5 heteroatoms. The summed E-state index contributed by atoms with van der Waals surface area (Å²) < 4.78 is 6.13. The number of carbonyl (C=O) groups excluding carboxylic acids is 1. The molecule has 0 aliphatic rings. The van der Waals surface area contributed by atoms with Gasteiger partial charge in [-0.3, -0.25) is 4.68 Å². The Labute approximate surface area is 88.0 Å². The van der Waals surface area contributed by atoms with E-state index in [9.17, 15) is 4.79 Å². The Morgan fingerprint density at radius 1 is 1.79 bits per heavy atom. The van der Waals surface area contributed by atoms with Crippen molar-refractivity contribution in [1.82, 2.24) is 9.78 Å². The highest BCUT2D eigenvalue weighted by Gasteiger charge is 2.14. The maximum atomic E-state index is 11.3. The lowest BCUT2D eigenvalue weighted by atomic mass is 10.2. The van der Waals surface area contributed by atoms with Gasteiger partial charge in [-0.15, -0.1) is 0 Å². The molecule has 0 saturated heterocycles. The summed E-state index contributed by atoms with van der Waals surface area (Å²) >= 11 is 4.04. The van der Waals surface area contributed by atoms with E-state index in [0.717, 1.165) is 5.56 Å². The molecular formula is C9H12N2O2S. The van der Waals surface area contributed by atoms with Crippen molar-refractivity contribution in [3.8, 4) is 0 Å². The van der Waals surface area contributed by atoms with Crippen LogP contribution in [0.25, 0.3) is 6.08 Å². The van der Waals surface area contributed by atoms with Gasteiger partial charge >= 0.3 is 5.97 Å². The van der Waals surface area contributed by atoms with Crippen LogP contribution in [0.2, 0.25) is 0 Å². The predicted molar refractivity (Wildman–Crippen MR) is 57.4 cm³/mol. The van der Waals surface area contributed by atoms with Crippen LogP contribution in [-0.4, -0.2) is 28.6 Å². The number of carbonyl (C=O) groups is 1. The van der Waals surface area contributed by atoms with Crippen LogP contribution in [0.1, 0.15) is 16.1 Å². The summed E-state index contributed by atoms with van der Waals surface area (Å²) in [4.78, 5) is 11.3. The van der Waals surface area contributed by atoms with Crippen molar-refractivity contribution in [3.63, 3.8) is 0 Å². The van der Waals surface area contributed by atoms with Gasteiger partial charge in [0.05, 0.1) is 13.3 Å². The van der Waals surface area contributed by atoms with Crippen LogP contribution in [-0.2, 0) is 11.8 Å². The van der Waals surface area contributed by atoms with Crippen molar-refractivity contribution in [2.45, 2.75) is 0 Å². The molecule has 0 aliphatic heterocycles. The van der Waals surface area contributed by atoms with Gasteiger partial charge < -0.3 is 4.74 Å². The van der Waals surface area contributed by atoms with Crippen molar-refractivity contribution < 1.29 is 9.53 Å². The molecule has 14 heavy (non-hydrogen) atoms. The Morgan fingerprint density at radius 2 is 2.50 bits per heavy atom. The molecule has 0 radical (unpaired) electrons. The van der Waals surface area contributed by atoms with Gasteiger partial charge in [-0.2, -0.15) is 17.7 Å². The van der Waals surface area contributed by atoms with E-state index >= 15 is 0 Å². The summed E-state index contributed by atoms with van der Waals surface area (Å²) in [6.45, 7) is 0. The summed E-state index contributed by atoms with van der Waals surface area (Å²) in [6, 6.07) is 0. The molecule has 0 N–H and O–H groups in total. The van der Waals surface area contributed by atoms with Crippen LogP contribution in [0, 0.1) is 0 Å². The largest absolute Gasteiger partial charge is 0.464 e. The molecule has 1 aromatic heterocycles. The molecule has 76 valence electrons. The van der Waals surface area contributed by atoms with E-state index < -0.39 is 0 Å². The molecule has 1 heterocycles. The van der Waals surface area contributed by atoms with E-state index in [0.29, 0.717) is 11.4 Å². The monoisotopic (exact) mass is 212 g/mol. The van der Waals surface area contributed by atoms with Crippen LogP contribution < -0.4 is 0 Å².